The Bertz CT molecular complexity index is 425. The zero-order valence-corrected chi connectivity index (χ0v) is 16.2. The maximum atomic E-state index is 12.5. The molecule has 0 aliphatic carbocycles. The predicted octanol–water partition coefficient (Wildman–Crippen LogP) is -4.29. The van der Waals surface area contributed by atoms with Crippen LogP contribution in [-0.4, -0.2) is 81.5 Å². The molecule has 11 nitrogen and oxygen atoms in total. The Hall–Kier alpha value is -1.79. The third-order valence-corrected chi connectivity index (χ3v) is 4.33. The summed E-state index contributed by atoms with van der Waals surface area (Å²) in [6.45, 7) is 3.63. The van der Waals surface area contributed by atoms with Gasteiger partial charge in [-0.25, -0.2) is 0 Å². The summed E-state index contributed by atoms with van der Waals surface area (Å²) in [5.41, 5.74) is 27.5. The number of nitrogens with two attached hydrogens (primary N) is 5. The van der Waals surface area contributed by atoms with Crippen LogP contribution in [0.5, 0.6) is 0 Å². The van der Waals surface area contributed by atoms with Crippen molar-refractivity contribution in [3.8, 4) is 0 Å². The predicted molar refractivity (Wildman–Crippen MR) is 104 cm³/mol. The first-order chi connectivity index (χ1) is 12.9. The van der Waals surface area contributed by atoms with Crippen LogP contribution in [0.2, 0.25) is 0 Å². The van der Waals surface area contributed by atoms with E-state index in [4.69, 9.17) is 28.7 Å². The Morgan fingerprint density at radius 3 is 1.41 bits per heavy atom. The molecule has 1 unspecified atom stereocenters. The van der Waals surface area contributed by atoms with Crippen molar-refractivity contribution < 1.29 is 14.4 Å². The first-order valence-electron chi connectivity index (χ1n) is 9.20. The minimum absolute atomic E-state index is 0.149. The summed E-state index contributed by atoms with van der Waals surface area (Å²) >= 11 is 0. The number of nitrogens with zero attached hydrogens (tertiary/aromatic N) is 1. The lowest BCUT2D eigenvalue weighted by Gasteiger charge is -2.26. The van der Waals surface area contributed by atoms with Gasteiger partial charge in [-0.2, -0.15) is 0 Å². The summed E-state index contributed by atoms with van der Waals surface area (Å²) in [6, 6.07) is 0. The highest BCUT2D eigenvalue weighted by molar-refractivity contribution is 5.80. The van der Waals surface area contributed by atoms with Crippen molar-refractivity contribution in [1.82, 2.24) is 15.5 Å². The molecule has 0 aliphatic heterocycles. The summed E-state index contributed by atoms with van der Waals surface area (Å²) in [4.78, 5) is 37.8. The van der Waals surface area contributed by atoms with Crippen LogP contribution in [0.15, 0.2) is 0 Å². The maximum absolute atomic E-state index is 12.5. The van der Waals surface area contributed by atoms with Crippen molar-refractivity contribution in [3.05, 3.63) is 0 Å². The molecule has 0 aliphatic rings. The molecule has 0 aromatic carbocycles. The van der Waals surface area contributed by atoms with Gasteiger partial charge in [0, 0.05) is 64.8 Å². The molecule has 0 aromatic rings. The molecule has 0 saturated heterocycles. The Balaban J connectivity index is 4.64. The molecular weight excluding hydrogens is 352 g/mol. The van der Waals surface area contributed by atoms with Crippen LogP contribution in [0.1, 0.15) is 6.92 Å². The number of hydrogen-bond donors (Lipinski definition) is 7. The molecule has 1 atom stereocenters. The van der Waals surface area contributed by atoms with Crippen molar-refractivity contribution in [2.75, 3.05) is 58.9 Å². The lowest BCUT2D eigenvalue weighted by atomic mass is 10.1. The Morgan fingerprint density at radius 1 is 0.741 bits per heavy atom. The highest BCUT2D eigenvalue weighted by Crippen LogP contribution is 2.01. The molecule has 0 radical (unpaired) electrons. The third-order valence-electron chi connectivity index (χ3n) is 4.33. The van der Waals surface area contributed by atoms with Crippen LogP contribution in [0, 0.1) is 17.8 Å². The summed E-state index contributed by atoms with van der Waals surface area (Å²) < 4.78 is 0. The van der Waals surface area contributed by atoms with Crippen LogP contribution in [-0.2, 0) is 14.4 Å². The van der Waals surface area contributed by atoms with Crippen molar-refractivity contribution >= 4 is 17.7 Å². The molecule has 0 rings (SSSR count). The molecule has 3 amide bonds. The largest absolute Gasteiger partial charge is 0.354 e. The van der Waals surface area contributed by atoms with Crippen molar-refractivity contribution in [1.29, 1.82) is 0 Å². The number of hydrogen-bond acceptors (Lipinski definition) is 8. The molecule has 0 bridgehead atoms. The lowest BCUT2D eigenvalue weighted by Crippen LogP contribution is -2.48. The first kappa shape index (κ1) is 25.2. The van der Waals surface area contributed by atoms with Gasteiger partial charge in [0.15, 0.2) is 0 Å². The fraction of sp³-hybridized carbons (Fsp3) is 0.812. The van der Waals surface area contributed by atoms with E-state index < -0.39 is 11.8 Å². The van der Waals surface area contributed by atoms with Crippen LogP contribution in [0.4, 0.5) is 0 Å². The van der Waals surface area contributed by atoms with E-state index in [2.05, 4.69) is 10.6 Å². The van der Waals surface area contributed by atoms with Gasteiger partial charge in [0.1, 0.15) is 0 Å². The fourth-order valence-corrected chi connectivity index (χ4v) is 2.28. The normalized spacial score (nSPS) is 12.1. The van der Waals surface area contributed by atoms with Crippen LogP contribution in [0.25, 0.3) is 0 Å². The zero-order chi connectivity index (χ0) is 20.8. The van der Waals surface area contributed by atoms with E-state index >= 15 is 0 Å². The topological polar surface area (TPSA) is 209 Å². The van der Waals surface area contributed by atoms with Crippen LogP contribution in [0.3, 0.4) is 0 Å². The first-order valence-corrected chi connectivity index (χ1v) is 9.20. The second-order valence-electron chi connectivity index (χ2n) is 6.38. The summed E-state index contributed by atoms with van der Waals surface area (Å²) in [7, 11) is 0. The summed E-state index contributed by atoms with van der Waals surface area (Å²) in [5.74, 6) is -1.92. The number of nitrogens with one attached hydrogen (secondary N) is 2. The van der Waals surface area contributed by atoms with Gasteiger partial charge in [-0.15, -0.1) is 0 Å². The Morgan fingerprint density at radius 2 is 1.11 bits per heavy atom. The average Bonchev–Trinajstić information content (AvgIpc) is 2.67. The second-order valence-corrected chi connectivity index (χ2v) is 6.38. The van der Waals surface area contributed by atoms with E-state index in [-0.39, 0.29) is 82.5 Å². The van der Waals surface area contributed by atoms with Gasteiger partial charge in [-0.1, -0.05) is 6.92 Å². The van der Waals surface area contributed by atoms with Gasteiger partial charge in [-0.05, 0) is 0 Å². The molecule has 0 heterocycles. The van der Waals surface area contributed by atoms with Crippen LogP contribution < -0.4 is 39.3 Å². The molecule has 11 heteroatoms. The number of rotatable bonds is 14. The van der Waals surface area contributed by atoms with E-state index in [0.29, 0.717) is 0 Å². The van der Waals surface area contributed by atoms with E-state index in [9.17, 15) is 14.4 Å². The van der Waals surface area contributed by atoms with Gasteiger partial charge in [0.25, 0.3) is 0 Å². The zero-order valence-electron chi connectivity index (χ0n) is 16.2. The summed E-state index contributed by atoms with van der Waals surface area (Å²) in [6.07, 6.45) is 0. The molecule has 0 fully saturated rings. The maximum Gasteiger partial charge on any atom is 0.226 e. The summed E-state index contributed by atoms with van der Waals surface area (Å²) in [5, 5.41) is 5.44. The van der Waals surface area contributed by atoms with Crippen molar-refractivity contribution in [3.63, 3.8) is 0 Å². The molecule has 0 aromatic heterocycles. The van der Waals surface area contributed by atoms with Gasteiger partial charge >= 0.3 is 0 Å². The molecule has 158 valence electrons. The number of carbonyl (C=O) groups is 3. The lowest BCUT2D eigenvalue weighted by molar-refractivity contribution is -0.135. The van der Waals surface area contributed by atoms with Crippen molar-refractivity contribution in [2.24, 2.45) is 46.4 Å². The molecular formula is C16H36N8O3. The minimum Gasteiger partial charge on any atom is -0.354 e. The molecule has 27 heavy (non-hydrogen) atoms. The van der Waals surface area contributed by atoms with E-state index in [1.165, 1.54) is 0 Å². The second kappa shape index (κ2) is 14.3. The van der Waals surface area contributed by atoms with Gasteiger partial charge in [0.05, 0.1) is 11.8 Å². The van der Waals surface area contributed by atoms with Gasteiger partial charge < -0.3 is 44.2 Å². The van der Waals surface area contributed by atoms with E-state index in [0.717, 1.165) is 0 Å². The smallest absolute Gasteiger partial charge is 0.226 e. The monoisotopic (exact) mass is 388 g/mol. The third kappa shape index (κ3) is 9.11. The van der Waals surface area contributed by atoms with Gasteiger partial charge in [-0.3, -0.25) is 14.4 Å². The molecule has 12 N–H and O–H groups in total. The Labute approximate surface area is 160 Å². The highest BCUT2D eigenvalue weighted by atomic mass is 16.2. The standard InChI is InChI=1S/C16H36N8O3/c1-11(6-17)16(27)24(4-2-22-14(25)12(7-18)8-19)5-3-23-15(26)13(9-20)10-21/h11-13H,2-10,17-21H2,1H3,(H,22,25)(H,23,26). The number of amides is 3. The fourth-order valence-electron chi connectivity index (χ4n) is 2.28. The van der Waals surface area contributed by atoms with E-state index in [1.54, 1.807) is 11.8 Å². The molecule has 0 saturated carbocycles. The quantitative estimate of drug-likeness (QED) is 0.154. The number of carbonyl (C=O) groups excluding carboxylic acids is 3. The Kier molecular flexibility index (Phi) is 13.3. The average molecular weight is 389 g/mol. The van der Waals surface area contributed by atoms with Crippen molar-refractivity contribution in [2.45, 2.75) is 6.92 Å². The molecule has 0 spiro atoms. The highest BCUT2D eigenvalue weighted by Gasteiger charge is 2.21. The van der Waals surface area contributed by atoms with E-state index in [1.807, 2.05) is 0 Å². The van der Waals surface area contributed by atoms with Crippen LogP contribution >= 0.6 is 0 Å². The minimum atomic E-state index is -0.458. The van der Waals surface area contributed by atoms with Gasteiger partial charge in [0.2, 0.25) is 17.7 Å². The SMILES string of the molecule is CC(CN)C(=O)N(CCNC(=O)C(CN)CN)CCNC(=O)C(CN)CN.